The number of carbonyl (C=O) groups is 2. The van der Waals surface area contributed by atoms with Crippen LogP contribution in [0.15, 0.2) is 48.5 Å². The molecule has 0 spiro atoms. The second kappa shape index (κ2) is 12.3. The first-order valence-electron chi connectivity index (χ1n) is 11.3. The summed E-state index contributed by atoms with van der Waals surface area (Å²) >= 11 is 0. The smallest absolute Gasteiger partial charge is 0.271 e. The predicted octanol–water partition coefficient (Wildman–Crippen LogP) is 3.00. The molecule has 1 atom stereocenters. The van der Waals surface area contributed by atoms with E-state index in [1.165, 1.54) is 23.1 Å². The minimum absolute atomic E-state index is 0.00839. The molecule has 0 aliphatic rings. The summed E-state index contributed by atoms with van der Waals surface area (Å²) in [5.74, 6) is -0.954. The third-order valence-electron chi connectivity index (χ3n) is 5.61. The standard InChI is InChI=1S/C24H32N4O6S/c1-5-6-14-25-24(30)19(3)26(16-20-11-8-7-10-18(20)2)23(29)17-27(35(4,33)34)21-12-9-13-22(15-21)28(31)32/h7-13,15,19H,5-6,14,16-17H2,1-4H3,(H,25,30)/t19-/m1/s1. The number of anilines is 1. The fourth-order valence-corrected chi connectivity index (χ4v) is 4.31. The Morgan fingerprint density at radius 2 is 1.83 bits per heavy atom. The monoisotopic (exact) mass is 504 g/mol. The molecular formula is C24H32N4O6S. The molecule has 0 aliphatic heterocycles. The van der Waals surface area contributed by atoms with Gasteiger partial charge >= 0.3 is 0 Å². The summed E-state index contributed by atoms with van der Waals surface area (Å²) < 4.78 is 25.9. The van der Waals surface area contributed by atoms with Gasteiger partial charge in [-0.05, 0) is 37.5 Å². The zero-order chi connectivity index (χ0) is 26.2. The van der Waals surface area contributed by atoms with Crippen LogP contribution < -0.4 is 9.62 Å². The summed E-state index contributed by atoms with van der Waals surface area (Å²) in [6.07, 6.45) is 2.61. The van der Waals surface area contributed by atoms with Gasteiger partial charge in [0.15, 0.2) is 0 Å². The van der Waals surface area contributed by atoms with E-state index in [0.29, 0.717) is 6.54 Å². The van der Waals surface area contributed by atoms with Gasteiger partial charge in [0, 0.05) is 25.2 Å². The van der Waals surface area contributed by atoms with Crippen LogP contribution in [0.1, 0.15) is 37.8 Å². The van der Waals surface area contributed by atoms with E-state index in [2.05, 4.69) is 5.32 Å². The molecule has 2 aromatic rings. The number of amides is 2. The van der Waals surface area contributed by atoms with E-state index in [1.54, 1.807) is 6.92 Å². The van der Waals surface area contributed by atoms with E-state index in [1.807, 2.05) is 38.1 Å². The Labute approximate surface area is 206 Å². The van der Waals surface area contributed by atoms with Gasteiger partial charge < -0.3 is 10.2 Å². The fourth-order valence-electron chi connectivity index (χ4n) is 3.47. The molecule has 0 fully saturated rings. The number of benzene rings is 2. The minimum atomic E-state index is -3.97. The maximum Gasteiger partial charge on any atom is 0.271 e. The van der Waals surface area contributed by atoms with Crippen molar-refractivity contribution < 1.29 is 22.9 Å². The molecule has 0 bridgehead atoms. The lowest BCUT2D eigenvalue weighted by Crippen LogP contribution is -2.51. The molecule has 0 radical (unpaired) electrons. The second-order valence-electron chi connectivity index (χ2n) is 8.32. The number of hydrogen-bond donors (Lipinski definition) is 1. The second-order valence-corrected chi connectivity index (χ2v) is 10.2. The average molecular weight is 505 g/mol. The van der Waals surface area contributed by atoms with Crippen LogP contribution in [0.5, 0.6) is 0 Å². The molecule has 1 N–H and O–H groups in total. The topological polar surface area (TPSA) is 130 Å². The normalized spacial score (nSPS) is 12.0. The largest absolute Gasteiger partial charge is 0.354 e. The summed E-state index contributed by atoms with van der Waals surface area (Å²) in [6.45, 7) is 5.43. The third kappa shape index (κ3) is 7.78. The average Bonchev–Trinajstić information content (AvgIpc) is 2.80. The third-order valence-corrected chi connectivity index (χ3v) is 6.75. The van der Waals surface area contributed by atoms with Crippen LogP contribution in [0.4, 0.5) is 11.4 Å². The zero-order valence-corrected chi connectivity index (χ0v) is 21.2. The molecule has 0 saturated carbocycles. The van der Waals surface area contributed by atoms with Crippen LogP contribution >= 0.6 is 0 Å². The molecule has 35 heavy (non-hydrogen) atoms. The van der Waals surface area contributed by atoms with Crippen molar-refractivity contribution in [2.24, 2.45) is 0 Å². The fraction of sp³-hybridized carbons (Fsp3) is 0.417. The van der Waals surface area contributed by atoms with E-state index in [-0.39, 0.29) is 23.8 Å². The van der Waals surface area contributed by atoms with E-state index in [4.69, 9.17) is 0 Å². The first kappa shape index (κ1) is 27.8. The number of nitrogens with zero attached hydrogens (tertiary/aromatic N) is 3. The van der Waals surface area contributed by atoms with Crippen LogP contribution in [0.2, 0.25) is 0 Å². The van der Waals surface area contributed by atoms with E-state index in [0.717, 1.165) is 40.6 Å². The van der Waals surface area contributed by atoms with Gasteiger partial charge in [0.1, 0.15) is 12.6 Å². The Hall–Kier alpha value is -3.47. The number of aryl methyl sites for hydroxylation is 1. The maximum atomic E-state index is 13.5. The van der Waals surface area contributed by atoms with Gasteiger partial charge in [0.05, 0.1) is 16.9 Å². The van der Waals surface area contributed by atoms with Crippen molar-refractivity contribution >= 4 is 33.2 Å². The SMILES string of the molecule is CCCCNC(=O)[C@@H](C)N(Cc1ccccc1C)C(=O)CN(c1cccc([N+](=O)[O-])c1)S(C)(=O)=O. The van der Waals surface area contributed by atoms with Crippen molar-refractivity contribution in [3.63, 3.8) is 0 Å². The molecule has 0 saturated heterocycles. The van der Waals surface area contributed by atoms with Gasteiger partial charge in [-0.15, -0.1) is 0 Å². The van der Waals surface area contributed by atoms with Gasteiger partial charge in [-0.2, -0.15) is 0 Å². The van der Waals surface area contributed by atoms with E-state index in [9.17, 15) is 28.1 Å². The van der Waals surface area contributed by atoms with Gasteiger partial charge in [-0.25, -0.2) is 8.42 Å². The van der Waals surface area contributed by atoms with Crippen molar-refractivity contribution in [1.29, 1.82) is 0 Å². The molecular weight excluding hydrogens is 472 g/mol. The van der Waals surface area contributed by atoms with Gasteiger partial charge in [-0.1, -0.05) is 43.7 Å². The number of nitro groups is 1. The van der Waals surface area contributed by atoms with Crippen molar-refractivity contribution in [2.45, 2.75) is 46.2 Å². The number of nitrogens with one attached hydrogen (secondary N) is 1. The van der Waals surface area contributed by atoms with Crippen molar-refractivity contribution in [3.05, 3.63) is 69.8 Å². The van der Waals surface area contributed by atoms with Crippen molar-refractivity contribution in [3.8, 4) is 0 Å². The molecule has 0 aliphatic carbocycles. The molecule has 190 valence electrons. The number of nitro benzene ring substituents is 1. The highest BCUT2D eigenvalue weighted by Crippen LogP contribution is 2.24. The number of rotatable bonds is 12. The van der Waals surface area contributed by atoms with Crippen molar-refractivity contribution in [2.75, 3.05) is 23.7 Å². The van der Waals surface area contributed by atoms with Crippen LogP contribution in [-0.2, 0) is 26.2 Å². The Balaban J connectivity index is 2.40. The van der Waals surface area contributed by atoms with Gasteiger partial charge in [0.2, 0.25) is 21.8 Å². The number of non-ortho nitro benzene ring substituents is 1. The summed E-state index contributed by atoms with van der Waals surface area (Å²) in [5.41, 5.74) is 1.42. The van der Waals surface area contributed by atoms with Crippen molar-refractivity contribution in [1.82, 2.24) is 10.2 Å². The summed E-state index contributed by atoms with van der Waals surface area (Å²) in [7, 11) is -3.97. The Morgan fingerprint density at radius 3 is 2.43 bits per heavy atom. The lowest BCUT2D eigenvalue weighted by Gasteiger charge is -2.31. The first-order valence-corrected chi connectivity index (χ1v) is 13.1. The first-order chi connectivity index (χ1) is 16.5. The van der Waals surface area contributed by atoms with Crippen LogP contribution in [0, 0.1) is 17.0 Å². The highest BCUT2D eigenvalue weighted by atomic mass is 32.2. The van der Waals surface area contributed by atoms with E-state index < -0.39 is 33.4 Å². The molecule has 0 aromatic heterocycles. The van der Waals surface area contributed by atoms with Crippen LogP contribution in [-0.4, -0.2) is 55.4 Å². The number of carbonyl (C=O) groups excluding carboxylic acids is 2. The van der Waals surface area contributed by atoms with Crippen LogP contribution in [0.3, 0.4) is 0 Å². The Bertz CT molecular complexity index is 1170. The van der Waals surface area contributed by atoms with Gasteiger partial charge in [-0.3, -0.25) is 24.0 Å². The van der Waals surface area contributed by atoms with Gasteiger partial charge in [0.25, 0.3) is 5.69 Å². The minimum Gasteiger partial charge on any atom is -0.354 e. The summed E-state index contributed by atoms with van der Waals surface area (Å²) in [6, 6.07) is 11.6. The molecule has 2 amide bonds. The Kier molecular flexibility index (Phi) is 9.76. The zero-order valence-electron chi connectivity index (χ0n) is 20.4. The number of sulfonamides is 1. The van der Waals surface area contributed by atoms with Crippen LogP contribution in [0.25, 0.3) is 0 Å². The number of hydrogen-bond acceptors (Lipinski definition) is 6. The lowest BCUT2D eigenvalue weighted by molar-refractivity contribution is -0.384. The molecule has 2 aromatic carbocycles. The highest BCUT2D eigenvalue weighted by Gasteiger charge is 2.30. The molecule has 2 rings (SSSR count). The highest BCUT2D eigenvalue weighted by molar-refractivity contribution is 7.92. The molecule has 0 heterocycles. The maximum absolute atomic E-state index is 13.5. The lowest BCUT2D eigenvalue weighted by atomic mass is 10.1. The molecule has 10 nitrogen and oxygen atoms in total. The summed E-state index contributed by atoms with van der Waals surface area (Å²) in [4.78, 5) is 38.2. The number of unbranched alkanes of at least 4 members (excludes halogenated alkanes) is 1. The quantitative estimate of drug-likeness (QED) is 0.269. The molecule has 11 heteroatoms. The predicted molar refractivity (Wildman–Crippen MR) is 134 cm³/mol. The summed E-state index contributed by atoms with van der Waals surface area (Å²) in [5, 5.41) is 14.0. The Morgan fingerprint density at radius 1 is 1.14 bits per heavy atom. The van der Waals surface area contributed by atoms with E-state index >= 15 is 0 Å². The molecule has 0 unspecified atom stereocenters.